The predicted molar refractivity (Wildman–Crippen MR) is 123 cm³/mol. The molecule has 1 unspecified atom stereocenters. The summed E-state index contributed by atoms with van der Waals surface area (Å²) < 4.78 is 8.27. The van der Waals surface area contributed by atoms with Gasteiger partial charge < -0.3 is 4.74 Å². The number of hydrogen-bond acceptors (Lipinski definition) is 4. The lowest BCUT2D eigenvalue weighted by Gasteiger charge is -2.40. The molecule has 6 heteroatoms. The van der Waals surface area contributed by atoms with E-state index in [0.29, 0.717) is 23.4 Å². The van der Waals surface area contributed by atoms with Crippen molar-refractivity contribution in [3.63, 3.8) is 0 Å². The quantitative estimate of drug-likeness (QED) is 0.513. The van der Waals surface area contributed by atoms with Crippen LogP contribution in [-0.4, -0.2) is 27.9 Å². The number of nitrogens with zero attached hydrogens (tertiary/aromatic N) is 2. The summed E-state index contributed by atoms with van der Waals surface area (Å²) in [5.41, 5.74) is 5.25. The van der Waals surface area contributed by atoms with Gasteiger partial charge in [0.25, 0.3) is 5.72 Å². The van der Waals surface area contributed by atoms with E-state index in [1.165, 1.54) is 18.7 Å². The second-order valence-electron chi connectivity index (χ2n) is 9.01. The zero-order chi connectivity index (χ0) is 23.1. The first-order valence-electron chi connectivity index (χ1n) is 10.9. The number of carbonyl (C=O) groups is 3. The molecular formula is C26H26N2O4. The van der Waals surface area contributed by atoms with Gasteiger partial charge in [0.05, 0.1) is 16.9 Å². The molecule has 0 saturated carbocycles. The standard InChI is InChI=1S/C26H26N2O4/c1-13-7-9-19-22(15(13)3)27(17(5)29)21-11-12-26(32-24(19)21)25(31)20-10-8-14(2)16(4)23(20)28(26)18(6)30/h7-10H,11-12H2,1-6H3. The van der Waals surface area contributed by atoms with Gasteiger partial charge >= 0.3 is 0 Å². The molecule has 2 aliphatic rings. The first-order chi connectivity index (χ1) is 15.1. The predicted octanol–water partition coefficient (Wildman–Crippen LogP) is 4.81. The van der Waals surface area contributed by atoms with E-state index < -0.39 is 5.72 Å². The molecule has 2 aliphatic heterocycles. The minimum atomic E-state index is -1.44. The molecule has 164 valence electrons. The molecule has 32 heavy (non-hydrogen) atoms. The Labute approximate surface area is 186 Å². The minimum absolute atomic E-state index is 0.0968. The summed E-state index contributed by atoms with van der Waals surface area (Å²) in [4.78, 5) is 40.9. The van der Waals surface area contributed by atoms with Crippen molar-refractivity contribution < 1.29 is 19.1 Å². The van der Waals surface area contributed by atoms with Crippen molar-refractivity contribution in [2.75, 3.05) is 4.90 Å². The second-order valence-corrected chi connectivity index (χ2v) is 9.01. The maximum atomic E-state index is 13.8. The highest BCUT2D eigenvalue weighted by atomic mass is 16.5. The van der Waals surface area contributed by atoms with E-state index in [1.807, 2.05) is 45.9 Å². The van der Waals surface area contributed by atoms with E-state index in [1.54, 1.807) is 10.6 Å². The van der Waals surface area contributed by atoms with Crippen LogP contribution >= 0.6 is 0 Å². The van der Waals surface area contributed by atoms with Gasteiger partial charge in [-0.1, -0.05) is 12.1 Å². The number of carbonyl (C=O) groups excluding carboxylic acids is 3. The fourth-order valence-corrected chi connectivity index (χ4v) is 5.35. The lowest BCUT2D eigenvalue weighted by molar-refractivity contribution is -0.119. The lowest BCUT2D eigenvalue weighted by atomic mass is 9.95. The summed E-state index contributed by atoms with van der Waals surface area (Å²) in [5, 5.41) is 0.789. The molecule has 0 fully saturated rings. The average molecular weight is 431 g/mol. The summed E-state index contributed by atoms with van der Waals surface area (Å²) >= 11 is 0. The van der Waals surface area contributed by atoms with Gasteiger partial charge in [-0.15, -0.1) is 0 Å². The molecule has 2 aromatic carbocycles. The molecule has 0 bridgehead atoms. The zero-order valence-electron chi connectivity index (χ0n) is 19.3. The molecule has 0 radical (unpaired) electrons. The van der Waals surface area contributed by atoms with Gasteiger partial charge in [-0.3, -0.25) is 23.9 Å². The number of rotatable bonds is 0. The summed E-state index contributed by atoms with van der Waals surface area (Å²) in [5.74, 6) is -0.0210. The SMILES string of the molecule is CC(=O)N1c2c(ccc(C)c2C)C(=O)C12CCc1c(c3ccc(C)c(C)c3n1C(C)=O)O2. The van der Waals surface area contributed by atoms with Crippen LogP contribution in [0, 0.1) is 27.7 Å². The second kappa shape index (κ2) is 6.55. The first kappa shape index (κ1) is 20.5. The number of Topliss-reactive ketones (excluding diaryl/α,β-unsaturated/α-hetero) is 1. The number of benzene rings is 2. The molecule has 3 aromatic rings. The van der Waals surface area contributed by atoms with Crippen molar-refractivity contribution in [2.45, 2.75) is 60.1 Å². The van der Waals surface area contributed by atoms with E-state index in [4.69, 9.17) is 4.74 Å². The molecule has 1 amide bonds. The number of anilines is 1. The summed E-state index contributed by atoms with van der Waals surface area (Å²) in [6.45, 7) is 10.9. The normalized spacial score (nSPS) is 19.3. The molecule has 1 atom stereocenters. The van der Waals surface area contributed by atoms with Crippen LogP contribution in [0.5, 0.6) is 5.75 Å². The highest BCUT2D eigenvalue weighted by Gasteiger charge is 2.58. The van der Waals surface area contributed by atoms with Crippen LogP contribution in [0.3, 0.4) is 0 Å². The summed E-state index contributed by atoms with van der Waals surface area (Å²) in [7, 11) is 0. The largest absolute Gasteiger partial charge is 0.457 e. The zero-order valence-corrected chi connectivity index (χ0v) is 19.3. The Morgan fingerprint density at radius 2 is 1.59 bits per heavy atom. The third-order valence-electron chi connectivity index (χ3n) is 7.19. The van der Waals surface area contributed by atoms with Crippen LogP contribution in [0.25, 0.3) is 10.9 Å². The first-order valence-corrected chi connectivity index (χ1v) is 10.9. The van der Waals surface area contributed by atoms with Crippen molar-refractivity contribution >= 4 is 34.2 Å². The van der Waals surface area contributed by atoms with E-state index in [2.05, 4.69) is 0 Å². The molecule has 1 aromatic heterocycles. The minimum Gasteiger partial charge on any atom is -0.457 e. The van der Waals surface area contributed by atoms with Crippen LogP contribution < -0.4 is 9.64 Å². The molecular weight excluding hydrogens is 404 g/mol. The molecule has 3 heterocycles. The molecule has 0 aliphatic carbocycles. The van der Waals surface area contributed by atoms with Gasteiger partial charge in [0, 0.05) is 31.2 Å². The van der Waals surface area contributed by atoms with E-state index in [0.717, 1.165) is 38.9 Å². The molecule has 0 saturated heterocycles. The molecule has 6 nitrogen and oxygen atoms in total. The van der Waals surface area contributed by atoms with Crippen molar-refractivity contribution in [2.24, 2.45) is 0 Å². The summed E-state index contributed by atoms with van der Waals surface area (Å²) in [6, 6.07) is 7.63. The molecule has 0 N–H and O–H groups in total. The van der Waals surface area contributed by atoms with Gasteiger partial charge in [0.15, 0.2) is 5.75 Å². The Bertz CT molecular complexity index is 1380. The number of ketones is 1. The van der Waals surface area contributed by atoms with Crippen LogP contribution in [-0.2, 0) is 11.2 Å². The smallest absolute Gasteiger partial charge is 0.253 e. The van der Waals surface area contributed by atoms with Gasteiger partial charge in [-0.25, -0.2) is 0 Å². The monoisotopic (exact) mass is 430 g/mol. The van der Waals surface area contributed by atoms with Gasteiger partial charge in [0.1, 0.15) is 0 Å². The Morgan fingerprint density at radius 3 is 2.25 bits per heavy atom. The van der Waals surface area contributed by atoms with E-state index in [9.17, 15) is 14.4 Å². The number of fused-ring (bicyclic) bond motifs is 4. The number of hydrogen-bond donors (Lipinski definition) is 0. The summed E-state index contributed by atoms with van der Waals surface area (Å²) in [6.07, 6.45) is 0.733. The van der Waals surface area contributed by atoms with Crippen molar-refractivity contribution in [3.8, 4) is 5.75 Å². The maximum Gasteiger partial charge on any atom is 0.253 e. The van der Waals surface area contributed by atoms with Crippen LogP contribution in [0.2, 0.25) is 0 Å². The highest BCUT2D eigenvalue weighted by molar-refractivity contribution is 6.20. The number of aromatic nitrogens is 1. The van der Waals surface area contributed by atoms with Crippen LogP contribution in [0.15, 0.2) is 24.3 Å². The van der Waals surface area contributed by atoms with E-state index in [-0.39, 0.29) is 24.0 Å². The Balaban J connectivity index is 1.78. The molecule has 1 spiro atoms. The third-order valence-corrected chi connectivity index (χ3v) is 7.19. The van der Waals surface area contributed by atoms with Crippen molar-refractivity contribution in [1.29, 1.82) is 0 Å². The highest BCUT2D eigenvalue weighted by Crippen LogP contribution is 2.50. The van der Waals surface area contributed by atoms with Crippen LogP contribution in [0.4, 0.5) is 5.69 Å². The maximum absolute atomic E-state index is 13.8. The number of amides is 1. The van der Waals surface area contributed by atoms with Crippen molar-refractivity contribution in [3.05, 3.63) is 57.8 Å². The molecule has 5 rings (SSSR count). The Morgan fingerprint density at radius 1 is 0.938 bits per heavy atom. The van der Waals surface area contributed by atoms with Crippen molar-refractivity contribution in [1.82, 2.24) is 4.57 Å². The van der Waals surface area contributed by atoms with E-state index >= 15 is 0 Å². The number of aryl methyl sites for hydroxylation is 3. The fraction of sp³-hybridized carbons (Fsp3) is 0.346. The Kier molecular flexibility index (Phi) is 4.19. The average Bonchev–Trinajstić information content (AvgIpc) is 3.19. The fourth-order valence-electron chi connectivity index (χ4n) is 5.35. The lowest BCUT2D eigenvalue weighted by Crippen LogP contribution is -2.58. The van der Waals surface area contributed by atoms with Crippen LogP contribution in [0.1, 0.15) is 63.4 Å². The number of ether oxygens (including phenoxy) is 1. The topological polar surface area (TPSA) is 68.6 Å². The van der Waals surface area contributed by atoms with Gasteiger partial charge in [0.2, 0.25) is 17.6 Å². The van der Waals surface area contributed by atoms with Gasteiger partial charge in [-0.05, 0) is 68.5 Å². The Hall–Kier alpha value is -3.41. The van der Waals surface area contributed by atoms with Gasteiger partial charge in [-0.2, -0.15) is 0 Å². The third kappa shape index (κ3) is 2.38.